The monoisotopic (exact) mass is 884 g/mol. The molecule has 0 heterocycles. The minimum absolute atomic E-state index is 0.0205. The molecule has 0 aromatic heterocycles. The van der Waals surface area contributed by atoms with Gasteiger partial charge in [0.2, 0.25) is 0 Å². The van der Waals surface area contributed by atoms with Crippen LogP contribution in [0.4, 0.5) is 0 Å². The van der Waals surface area contributed by atoms with Gasteiger partial charge in [0.05, 0.1) is 40.3 Å². The lowest BCUT2D eigenvalue weighted by Gasteiger charge is -2.34. The number of carboxylic acids is 1. The number of hydrogen-bond acceptors (Lipinski definition) is 7. The molecule has 63 heavy (non-hydrogen) atoms. The lowest BCUT2D eigenvalue weighted by Crippen LogP contribution is -2.55. The fourth-order valence-corrected chi connectivity index (χ4v) is 7.35. The van der Waals surface area contributed by atoms with Gasteiger partial charge in [-0.05, 0) is 77.0 Å². The summed E-state index contributed by atoms with van der Waals surface area (Å²) in [5, 5.41) is 11.7. The van der Waals surface area contributed by atoms with Gasteiger partial charge >= 0.3 is 11.9 Å². The molecule has 2 unspecified atom stereocenters. The molecule has 0 rings (SSSR count). The number of carboxylic acid groups (broad SMARTS) is 1. The average Bonchev–Trinajstić information content (AvgIpc) is 3.24. The molecule has 0 aliphatic heterocycles. The summed E-state index contributed by atoms with van der Waals surface area (Å²) in [6.45, 7) is 4.59. The minimum atomic E-state index is -1.13. The highest BCUT2D eigenvalue weighted by molar-refractivity contribution is 5.70. The molecule has 0 radical (unpaired) electrons. The van der Waals surface area contributed by atoms with Gasteiger partial charge in [0.25, 0.3) is 0 Å². The molecule has 0 aliphatic rings. The first-order chi connectivity index (χ1) is 30.6. The summed E-state index contributed by atoms with van der Waals surface area (Å²) in [5.41, 5.74) is 0. The third kappa shape index (κ3) is 44.0. The SMILES string of the molecule is CCCCC/C=C/C/C=C/C/C=C/C/C=C/CCCC(=O)OCC(COCCC(C(=O)[O-])[N+](C)(C)C)OC(=O)CCCCCCCCC/C=C/CCCCCCCCCCCCC. The number of nitrogens with zero attached hydrogens (tertiary/aromatic N) is 1. The van der Waals surface area contributed by atoms with Crippen LogP contribution >= 0.6 is 0 Å². The van der Waals surface area contributed by atoms with E-state index in [0.717, 1.165) is 44.9 Å². The number of likely N-dealkylation sites (N-methyl/N-ethyl adjacent to an activating group) is 1. The van der Waals surface area contributed by atoms with E-state index in [1.165, 1.54) is 135 Å². The van der Waals surface area contributed by atoms with E-state index in [0.29, 0.717) is 12.8 Å². The molecule has 0 spiro atoms. The molecule has 0 fully saturated rings. The van der Waals surface area contributed by atoms with E-state index in [1.807, 2.05) is 0 Å². The number of unbranched alkanes of at least 4 members (excludes halogenated alkanes) is 22. The summed E-state index contributed by atoms with van der Waals surface area (Å²) >= 11 is 0. The van der Waals surface area contributed by atoms with E-state index in [2.05, 4.69) is 74.6 Å². The molecular weight excluding hydrogens is 787 g/mol. The molecule has 0 aliphatic carbocycles. The Morgan fingerprint density at radius 1 is 0.476 bits per heavy atom. The number of quaternary nitrogens is 1. The number of carbonyl (C=O) groups is 3. The maximum atomic E-state index is 12.8. The molecule has 0 aromatic carbocycles. The Morgan fingerprint density at radius 2 is 0.857 bits per heavy atom. The van der Waals surface area contributed by atoms with E-state index in [9.17, 15) is 19.5 Å². The van der Waals surface area contributed by atoms with E-state index < -0.39 is 18.1 Å². The van der Waals surface area contributed by atoms with Crippen molar-refractivity contribution >= 4 is 17.9 Å². The summed E-state index contributed by atoms with van der Waals surface area (Å²) in [4.78, 5) is 37.0. The normalized spacial score (nSPS) is 13.3. The van der Waals surface area contributed by atoms with Crippen LogP contribution in [-0.2, 0) is 28.6 Å². The predicted octanol–water partition coefficient (Wildman–Crippen LogP) is 13.6. The molecule has 0 aromatic rings. The highest BCUT2D eigenvalue weighted by atomic mass is 16.6. The highest BCUT2D eigenvalue weighted by Gasteiger charge is 2.25. The number of esters is 2. The molecule has 0 N–H and O–H groups in total. The standard InChI is InChI=1S/C55H97NO7/c1-6-8-10-12-14-16-18-20-22-24-25-26-27-28-30-32-34-36-38-40-42-44-46-54(58)63-51(49-61-48-47-52(55(59)60)56(3,4)5)50-62-53(57)45-43-41-39-37-35-33-31-29-23-21-19-17-15-13-11-9-7-2/h15,17,21,23,27-28,31,33,37,39,51-52H,6-14,16,18-20,22,24-26,29-30,32,34-36,38,40-50H2,1-5H3/b17-15+,23-21+,28-27+,33-31+,39-37+. The zero-order valence-corrected chi connectivity index (χ0v) is 41.5. The molecule has 8 nitrogen and oxygen atoms in total. The van der Waals surface area contributed by atoms with E-state index in [1.54, 1.807) is 21.1 Å². The highest BCUT2D eigenvalue weighted by Crippen LogP contribution is 2.15. The lowest BCUT2D eigenvalue weighted by molar-refractivity contribution is -0.889. The zero-order chi connectivity index (χ0) is 46.3. The smallest absolute Gasteiger partial charge is 0.306 e. The van der Waals surface area contributed by atoms with Crippen LogP contribution in [0.2, 0.25) is 0 Å². The van der Waals surface area contributed by atoms with Crippen LogP contribution in [-0.4, -0.2) is 75.5 Å². The minimum Gasteiger partial charge on any atom is -0.544 e. The first kappa shape index (κ1) is 60.0. The Morgan fingerprint density at radius 3 is 1.33 bits per heavy atom. The fraction of sp³-hybridized carbons (Fsp3) is 0.764. The van der Waals surface area contributed by atoms with Crippen molar-refractivity contribution in [2.24, 2.45) is 0 Å². The van der Waals surface area contributed by atoms with Gasteiger partial charge in [-0.2, -0.15) is 0 Å². The first-order valence-corrected chi connectivity index (χ1v) is 25.8. The van der Waals surface area contributed by atoms with Crippen molar-refractivity contribution in [3.8, 4) is 0 Å². The summed E-state index contributed by atoms with van der Waals surface area (Å²) in [6.07, 6.45) is 56.9. The Balaban J connectivity index is 4.32. The predicted molar refractivity (Wildman–Crippen MR) is 263 cm³/mol. The van der Waals surface area contributed by atoms with Crippen molar-refractivity contribution in [2.45, 2.75) is 231 Å². The second-order valence-corrected chi connectivity index (χ2v) is 18.4. The van der Waals surface area contributed by atoms with Crippen LogP contribution in [0.25, 0.3) is 0 Å². The van der Waals surface area contributed by atoms with Crippen LogP contribution in [0.15, 0.2) is 60.8 Å². The van der Waals surface area contributed by atoms with Crippen molar-refractivity contribution in [1.82, 2.24) is 0 Å². The lowest BCUT2D eigenvalue weighted by atomic mass is 10.0. The zero-order valence-electron chi connectivity index (χ0n) is 41.5. The molecular formula is C55H97NO7. The summed E-state index contributed by atoms with van der Waals surface area (Å²) in [7, 11) is 5.40. The van der Waals surface area contributed by atoms with Crippen LogP contribution in [0, 0.1) is 0 Å². The molecule has 0 bridgehead atoms. The molecule has 364 valence electrons. The molecule has 0 saturated carbocycles. The van der Waals surface area contributed by atoms with Crippen molar-refractivity contribution in [1.29, 1.82) is 0 Å². The maximum absolute atomic E-state index is 12.8. The number of ether oxygens (including phenoxy) is 3. The second kappa shape index (κ2) is 45.6. The Bertz CT molecular complexity index is 1210. The molecule has 0 saturated heterocycles. The Hall–Kier alpha value is -2.97. The molecule has 8 heteroatoms. The van der Waals surface area contributed by atoms with Crippen molar-refractivity contribution in [3.05, 3.63) is 60.8 Å². The second-order valence-electron chi connectivity index (χ2n) is 18.4. The summed E-state index contributed by atoms with van der Waals surface area (Å²) in [6, 6.07) is -0.737. The Kier molecular flexibility index (Phi) is 43.4. The maximum Gasteiger partial charge on any atom is 0.306 e. The van der Waals surface area contributed by atoms with Crippen LogP contribution in [0.5, 0.6) is 0 Å². The summed E-state index contributed by atoms with van der Waals surface area (Å²) < 4.78 is 17.2. The number of allylic oxidation sites excluding steroid dienone is 10. The van der Waals surface area contributed by atoms with Crippen molar-refractivity contribution < 1.29 is 38.2 Å². The number of aliphatic carboxylic acids is 1. The van der Waals surface area contributed by atoms with Gasteiger partial charge in [0, 0.05) is 19.3 Å². The third-order valence-corrected chi connectivity index (χ3v) is 11.4. The molecule has 0 amide bonds. The van der Waals surface area contributed by atoms with Gasteiger partial charge in [-0.15, -0.1) is 0 Å². The van der Waals surface area contributed by atoms with Crippen molar-refractivity contribution in [3.63, 3.8) is 0 Å². The number of rotatable bonds is 46. The largest absolute Gasteiger partial charge is 0.544 e. The van der Waals surface area contributed by atoms with Gasteiger partial charge in [-0.3, -0.25) is 9.59 Å². The first-order valence-electron chi connectivity index (χ1n) is 25.8. The molecule has 2 atom stereocenters. The van der Waals surface area contributed by atoms with Crippen molar-refractivity contribution in [2.75, 3.05) is 41.0 Å². The van der Waals surface area contributed by atoms with Crippen LogP contribution in [0.3, 0.4) is 0 Å². The van der Waals surface area contributed by atoms with Gasteiger partial charge in [0.15, 0.2) is 6.10 Å². The fourth-order valence-electron chi connectivity index (χ4n) is 7.35. The van der Waals surface area contributed by atoms with Gasteiger partial charge in [-0.25, -0.2) is 0 Å². The van der Waals surface area contributed by atoms with Gasteiger partial charge < -0.3 is 28.6 Å². The van der Waals surface area contributed by atoms with Crippen LogP contribution in [0.1, 0.15) is 219 Å². The van der Waals surface area contributed by atoms with E-state index in [4.69, 9.17) is 14.2 Å². The van der Waals surface area contributed by atoms with Gasteiger partial charge in [0.1, 0.15) is 12.6 Å². The quantitative estimate of drug-likeness (QED) is 0.0260. The average molecular weight is 884 g/mol. The summed E-state index contributed by atoms with van der Waals surface area (Å²) in [5.74, 6) is -1.81. The number of carbonyl (C=O) groups excluding carboxylic acids is 3. The van der Waals surface area contributed by atoms with E-state index in [-0.39, 0.29) is 49.1 Å². The number of hydrogen-bond donors (Lipinski definition) is 0. The topological polar surface area (TPSA) is 102 Å². The van der Waals surface area contributed by atoms with E-state index >= 15 is 0 Å². The third-order valence-electron chi connectivity index (χ3n) is 11.4. The van der Waals surface area contributed by atoms with Gasteiger partial charge in [-0.1, -0.05) is 184 Å². The van der Waals surface area contributed by atoms with Crippen LogP contribution < -0.4 is 5.11 Å². The Labute approximate surface area is 388 Å².